The third-order valence-corrected chi connectivity index (χ3v) is 4.68. The number of aryl methyl sites for hydroxylation is 1. The molecule has 1 atom stereocenters. The zero-order chi connectivity index (χ0) is 16.6. The molecular formula is C17H25N3O3. The third kappa shape index (κ3) is 3.27. The maximum Gasteiger partial charge on any atom is 0.253 e. The van der Waals surface area contributed by atoms with Gasteiger partial charge in [0.2, 0.25) is 5.91 Å². The molecule has 1 saturated heterocycles. The molecule has 0 bridgehead atoms. The van der Waals surface area contributed by atoms with Crippen molar-refractivity contribution >= 4 is 11.8 Å². The van der Waals surface area contributed by atoms with E-state index in [0.29, 0.717) is 37.9 Å². The van der Waals surface area contributed by atoms with Crippen LogP contribution >= 0.6 is 0 Å². The summed E-state index contributed by atoms with van der Waals surface area (Å²) in [6, 6.07) is 1.95. The minimum absolute atomic E-state index is 0.0438. The van der Waals surface area contributed by atoms with Crippen LogP contribution < -0.4 is 5.32 Å². The lowest BCUT2D eigenvalue weighted by Gasteiger charge is -2.29. The van der Waals surface area contributed by atoms with Crippen LogP contribution in [0.1, 0.15) is 47.6 Å². The van der Waals surface area contributed by atoms with Crippen molar-refractivity contribution in [3.63, 3.8) is 0 Å². The van der Waals surface area contributed by atoms with Gasteiger partial charge in [-0.1, -0.05) is 0 Å². The summed E-state index contributed by atoms with van der Waals surface area (Å²) in [6.07, 6.45) is 2.37. The lowest BCUT2D eigenvalue weighted by molar-refractivity contribution is -0.136. The van der Waals surface area contributed by atoms with Gasteiger partial charge in [0, 0.05) is 30.5 Å². The Morgan fingerprint density at radius 2 is 1.91 bits per heavy atom. The van der Waals surface area contributed by atoms with Crippen molar-refractivity contribution in [2.45, 2.75) is 45.7 Å². The van der Waals surface area contributed by atoms with Gasteiger partial charge in [-0.3, -0.25) is 9.59 Å². The maximum atomic E-state index is 12.6. The average Bonchev–Trinajstić information content (AvgIpc) is 3.32. The number of morpholine rings is 1. The van der Waals surface area contributed by atoms with Crippen LogP contribution in [0.2, 0.25) is 0 Å². The Kier molecular flexibility index (Phi) is 4.43. The largest absolute Gasteiger partial charge is 0.378 e. The first kappa shape index (κ1) is 16.1. The van der Waals surface area contributed by atoms with E-state index in [1.807, 2.05) is 19.9 Å². The molecule has 1 aromatic heterocycles. The zero-order valence-corrected chi connectivity index (χ0v) is 14.1. The van der Waals surface area contributed by atoms with E-state index in [9.17, 15) is 9.59 Å². The van der Waals surface area contributed by atoms with Gasteiger partial charge in [0.05, 0.1) is 18.8 Å². The maximum absolute atomic E-state index is 12.6. The summed E-state index contributed by atoms with van der Waals surface area (Å²) >= 11 is 0. The van der Waals surface area contributed by atoms with Crippen molar-refractivity contribution in [1.82, 2.24) is 14.8 Å². The third-order valence-electron chi connectivity index (χ3n) is 4.68. The average molecular weight is 319 g/mol. The molecule has 6 nitrogen and oxygen atoms in total. The van der Waals surface area contributed by atoms with E-state index in [1.165, 1.54) is 12.8 Å². The number of hydrogen-bond acceptors (Lipinski definition) is 3. The molecule has 1 unspecified atom stereocenters. The van der Waals surface area contributed by atoms with Gasteiger partial charge in [-0.25, -0.2) is 0 Å². The molecular weight excluding hydrogens is 294 g/mol. The van der Waals surface area contributed by atoms with E-state index < -0.39 is 6.04 Å². The molecule has 0 spiro atoms. The number of hydrogen-bond donors (Lipinski definition) is 1. The van der Waals surface area contributed by atoms with Gasteiger partial charge in [-0.15, -0.1) is 0 Å². The fraction of sp³-hybridized carbons (Fsp3) is 0.647. The first-order valence-corrected chi connectivity index (χ1v) is 8.35. The minimum Gasteiger partial charge on any atom is -0.378 e. The molecule has 1 aromatic rings. The van der Waals surface area contributed by atoms with E-state index >= 15 is 0 Å². The predicted molar refractivity (Wildman–Crippen MR) is 86.5 cm³/mol. The van der Waals surface area contributed by atoms with Crippen LogP contribution in [0.4, 0.5) is 0 Å². The van der Waals surface area contributed by atoms with Gasteiger partial charge < -0.3 is 19.5 Å². The predicted octanol–water partition coefficient (Wildman–Crippen LogP) is 1.42. The highest BCUT2D eigenvalue weighted by molar-refractivity contribution is 5.98. The van der Waals surface area contributed by atoms with Crippen molar-refractivity contribution in [3.05, 3.63) is 23.0 Å². The number of carbonyl (C=O) groups excluding carboxylic acids is 2. The van der Waals surface area contributed by atoms with E-state index in [2.05, 4.69) is 9.88 Å². The Morgan fingerprint density at radius 1 is 1.26 bits per heavy atom. The van der Waals surface area contributed by atoms with Crippen molar-refractivity contribution in [1.29, 1.82) is 0 Å². The van der Waals surface area contributed by atoms with Crippen LogP contribution in [-0.4, -0.2) is 53.6 Å². The number of ether oxygens (including phenoxy) is 1. The molecule has 1 N–H and O–H groups in total. The standard InChI is InChI=1S/C17H25N3O3/c1-11-10-15(13(3)20(11)14-4-5-14)16(21)18-12(2)17(22)19-6-8-23-9-7-19/h10,12,14H,4-9H2,1-3H3,(H,18,21). The number of carbonyl (C=O) groups is 2. The van der Waals surface area contributed by atoms with Crippen molar-refractivity contribution in [2.24, 2.45) is 0 Å². The molecule has 1 aliphatic carbocycles. The summed E-state index contributed by atoms with van der Waals surface area (Å²) in [6.45, 7) is 8.07. The molecule has 2 fully saturated rings. The number of nitrogens with one attached hydrogen (secondary N) is 1. The molecule has 1 saturated carbocycles. The van der Waals surface area contributed by atoms with Gasteiger partial charge in [-0.2, -0.15) is 0 Å². The Hall–Kier alpha value is -1.82. The first-order chi connectivity index (χ1) is 11.0. The molecule has 126 valence electrons. The lowest BCUT2D eigenvalue weighted by Crippen LogP contribution is -2.50. The highest BCUT2D eigenvalue weighted by Crippen LogP contribution is 2.38. The molecule has 3 rings (SSSR count). The second kappa shape index (κ2) is 6.35. The van der Waals surface area contributed by atoms with Crippen LogP contribution in [0.3, 0.4) is 0 Å². The van der Waals surface area contributed by atoms with E-state index in [0.717, 1.165) is 11.4 Å². The van der Waals surface area contributed by atoms with Gasteiger partial charge in [0.25, 0.3) is 5.91 Å². The number of rotatable bonds is 4. The van der Waals surface area contributed by atoms with Crippen LogP contribution in [-0.2, 0) is 9.53 Å². The van der Waals surface area contributed by atoms with Crippen molar-refractivity contribution in [3.8, 4) is 0 Å². The van der Waals surface area contributed by atoms with E-state index in [4.69, 9.17) is 4.74 Å². The summed E-state index contributed by atoms with van der Waals surface area (Å²) < 4.78 is 7.50. The summed E-state index contributed by atoms with van der Waals surface area (Å²) in [7, 11) is 0. The molecule has 6 heteroatoms. The normalized spacial score (nSPS) is 19.5. The quantitative estimate of drug-likeness (QED) is 0.913. The smallest absolute Gasteiger partial charge is 0.253 e. The Morgan fingerprint density at radius 3 is 2.52 bits per heavy atom. The lowest BCUT2D eigenvalue weighted by atomic mass is 10.2. The topological polar surface area (TPSA) is 63.6 Å². The fourth-order valence-electron chi connectivity index (χ4n) is 3.30. The summed E-state index contributed by atoms with van der Waals surface area (Å²) in [4.78, 5) is 26.7. The SMILES string of the molecule is Cc1cc(C(=O)NC(C)C(=O)N2CCOCC2)c(C)n1C1CC1. The molecule has 1 aliphatic heterocycles. The number of amides is 2. The monoisotopic (exact) mass is 319 g/mol. The second-order valence-corrected chi connectivity index (χ2v) is 6.52. The summed E-state index contributed by atoms with van der Waals surface area (Å²) in [5, 5.41) is 2.85. The van der Waals surface area contributed by atoms with Crippen LogP contribution in [0.15, 0.2) is 6.07 Å². The molecule has 2 aliphatic rings. The Bertz CT molecular complexity index is 613. The van der Waals surface area contributed by atoms with Crippen LogP contribution in [0.25, 0.3) is 0 Å². The highest BCUT2D eigenvalue weighted by Gasteiger charge is 2.29. The van der Waals surface area contributed by atoms with E-state index in [-0.39, 0.29) is 11.8 Å². The second-order valence-electron chi connectivity index (χ2n) is 6.52. The number of nitrogens with zero attached hydrogens (tertiary/aromatic N) is 2. The van der Waals surface area contributed by atoms with Crippen LogP contribution in [0, 0.1) is 13.8 Å². The Balaban J connectivity index is 1.66. The molecule has 0 radical (unpaired) electrons. The van der Waals surface area contributed by atoms with Gasteiger partial charge in [0.1, 0.15) is 6.04 Å². The summed E-state index contributed by atoms with van der Waals surface area (Å²) in [5.74, 6) is -0.211. The van der Waals surface area contributed by atoms with Crippen molar-refractivity contribution in [2.75, 3.05) is 26.3 Å². The van der Waals surface area contributed by atoms with Crippen molar-refractivity contribution < 1.29 is 14.3 Å². The molecule has 2 heterocycles. The Labute approximate surface area is 136 Å². The molecule has 23 heavy (non-hydrogen) atoms. The van der Waals surface area contributed by atoms with Gasteiger partial charge >= 0.3 is 0 Å². The van der Waals surface area contributed by atoms with Crippen LogP contribution in [0.5, 0.6) is 0 Å². The summed E-state index contributed by atoms with van der Waals surface area (Å²) in [5.41, 5.74) is 2.78. The number of aromatic nitrogens is 1. The van der Waals surface area contributed by atoms with E-state index in [1.54, 1.807) is 11.8 Å². The minimum atomic E-state index is -0.524. The zero-order valence-electron chi connectivity index (χ0n) is 14.1. The molecule has 2 amide bonds. The fourth-order valence-corrected chi connectivity index (χ4v) is 3.30. The first-order valence-electron chi connectivity index (χ1n) is 8.35. The molecule has 0 aromatic carbocycles. The highest BCUT2D eigenvalue weighted by atomic mass is 16.5. The van der Waals surface area contributed by atoms with Gasteiger partial charge in [0.15, 0.2) is 0 Å². The van der Waals surface area contributed by atoms with Gasteiger partial charge in [-0.05, 0) is 39.7 Å².